The van der Waals surface area contributed by atoms with E-state index in [1.807, 2.05) is 12.1 Å². The Kier molecular flexibility index (Phi) is 4.40. The fourth-order valence-corrected chi connectivity index (χ4v) is 2.32. The van der Waals surface area contributed by atoms with E-state index >= 15 is 0 Å². The third kappa shape index (κ3) is 3.20. The number of nitrogens with one attached hydrogen (secondary N) is 1. The van der Waals surface area contributed by atoms with E-state index in [1.54, 1.807) is 7.11 Å². The Hall–Kier alpha value is -1.06. The third-order valence-corrected chi connectivity index (χ3v) is 3.26. The van der Waals surface area contributed by atoms with E-state index in [0.29, 0.717) is 6.04 Å². The van der Waals surface area contributed by atoms with E-state index in [-0.39, 0.29) is 6.10 Å². The summed E-state index contributed by atoms with van der Waals surface area (Å²) in [6, 6.07) is 8.77. The van der Waals surface area contributed by atoms with Crippen molar-refractivity contribution in [3.8, 4) is 5.75 Å². The highest BCUT2D eigenvalue weighted by atomic mass is 16.5. The van der Waals surface area contributed by atoms with Crippen LogP contribution in [0.2, 0.25) is 0 Å². The number of methoxy groups -OCH3 is 1. The summed E-state index contributed by atoms with van der Waals surface area (Å²) in [4.78, 5) is 0. The van der Waals surface area contributed by atoms with Gasteiger partial charge in [-0.05, 0) is 37.1 Å². The van der Waals surface area contributed by atoms with Crippen LogP contribution in [0.5, 0.6) is 5.75 Å². The van der Waals surface area contributed by atoms with Gasteiger partial charge >= 0.3 is 0 Å². The van der Waals surface area contributed by atoms with Gasteiger partial charge in [-0.3, -0.25) is 0 Å². The Balaban J connectivity index is 2.00. The topological polar surface area (TPSA) is 30.5 Å². The number of rotatable bonds is 4. The summed E-state index contributed by atoms with van der Waals surface area (Å²) in [5.74, 6) is 0.896. The molecule has 1 aliphatic heterocycles. The van der Waals surface area contributed by atoms with E-state index < -0.39 is 0 Å². The molecule has 0 saturated carbocycles. The average Bonchev–Trinajstić information content (AvgIpc) is 2.40. The zero-order valence-electron chi connectivity index (χ0n) is 10.6. The normalized spacial score (nSPS) is 24.6. The van der Waals surface area contributed by atoms with Gasteiger partial charge in [-0.1, -0.05) is 19.1 Å². The van der Waals surface area contributed by atoms with Crippen molar-refractivity contribution in [2.75, 3.05) is 20.3 Å². The van der Waals surface area contributed by atoms with Gasteiger partial charge in [0.25, 0.3) is 0 Å². The molecule has 0 aliphatic carbocycles. The van der Waals surface area contributed by atoms with Crippen molar-refractivity contribution in [1.29, 1.82) is 0 Å². The van der Waals surface area contributed by atoms with Crippen molar-refractivity contribution in [3.05, 3.63) is 29.8 Å². The Morgan fingerprint density at radius 2 is 2.12 bits per heavy atom. The summed E-state index contributed by atoms with van der Waals surface area (Å²) < 4.78 is 11.0. The molecule has 1 fully saturated rings. The highest BCUT2D eigenvalue weighted by molar-refractivity contribution is 5.28. The second-order valence-corrected chi connectivity index (χ2v) is 4.41. The first kappa shape index (κ1) is 12.4. The van der Waals surface area contributed by atoms with Gasteiger partial charge in [0.2, 0.25) is 0 Å². The largest absolute Gasteiger partial charge is 0.497 e. The van der Waals surface area contributed by atoms with Crippen LogP contribution in [0.25, 0.3) is 0 Å². The van der Waals surface area contributed by atoms with Gasteiger partial charge in [0.05, 0.1) is 13.2 Å². The quantitative estimate of drug-likeness (QED) is 0.870. The van der Waals surface area contributed by atoms with Gasteiger partial charge in [0.1, 0.15) is 5.75 Å². The Morgan fingerprint density at radius 3 is 2.76 bits per heavy atom. The van der Waals surface area contributed by atoms with Crippen molar-refractivity contribution >= 4 is 0 Å². The average molecular weight is 235 g/mol. The molecule has 2 rings (SSSR count). The number of hydrogen-bond donors (Lipinski definition) is 1. The molecular weight excluding hydrogens is 214 g/mol. The molecule has 1 aliphatic rings. The van der Waals surface area contributed by atoms with E-state index in [1.165, 1.54) is 5.56 Å². The summed E-state index contributed by atoms with van der Waals surface area (Å²) in [6.45, 7) is 4.02. The Bertz CT molecular complexity index is 335. The smallest absolute Gasteiger partial charge is 0.118 e. The monoisotopic (exact) mass is 235 g/mol. The summed E-state index contributed by atoms with van der Waals surface area (Å²) in [6.07, 6.45) is 2.39. The predicted molar refractivity (Wildman–Crippen MR) is 68.4 cm³/mol. The SMILES string of the molecule is CCNC1CCOC(c2ccc(OC)cc2)C1. The highest BCUT2D eigenvalue weighted by Gasteiger charge is 2.23. The van der Waals surface area contributed by atoms with E-state index in [9.17, 15) is 0 Å². The molecule has 1 aromatic carbocycles. The molecule has 17 heavy (non-hydrogen) atoms. The maximum Gasteiger partial charge on any atom is 0.118 e. The summed E-state index contributed by atoms with van der Waals surface area (Å²) in [5.41, 5.74) is 1.24. The Labute approximate surface area is 103 Å². The van der Waals surface area contributed by atoms with E-state index in [4.69, 9.17) is 9.47 Å². The van der Waals surface area contributed by atoms with Gasteiger partial charge < -0.3 is 14.8 Å². The summed E-state index contributed by atoms with van der Waals surface area (Å²) in [5, 5.41) is 3.50. The lowest BCUT2D eigenvalue weighted by Crippen LogP contribution is -2.35. The number of ether oxygens (including phenoxy) is 2. The second-order valence-electron chi connectivity index (χ2n) is 4.41. The molecule has 3 nitrogen and oxygen atoms in total. The fourth-order valence-electron chi connectivity index (χ4n) is 2.32. The molecule has 0 spiro atoms. The molecule has 1 N–H and O–H groups in total. The first-order valence-corrected chi connectivity index (χ1v) is 6.32. The van der Waals surface area contributed by atoms with Crippen LogP contribution in [0.15, 0.2) is 24.3 Å². The van der Waals surface area contributed by atoms with Crippen molar-refractivity contribution in [2.45, 2.75) is 31.9 Å². The first-order valence-electron chi connectivity index (χ1n) is 6.32. The lowest BCUT2D eigenvalue weighted by Gasteiger charge is -2.30. The molecule has 2 atom stereocenters. The second kappa shape index (κ2) is 6.03. The zero-order valence-corrected chi connectivity index (χ0v) is 10.6. The molecule has 0 amide bonds. The molecule has 0 aromatic heterocycles. The maximum absolute atomic E-state index is 5.83. The van der Waals surface area contributed by atoms with Crippen LogP contribution in [0.3, 0.4) is 0 Å². The van der Waals surface area contributed by atoms with Crippen LogP contribution in [0.4, 0.5) is 0 Å². The van der Waals surface area contributed by atoms with Gasteiger partial charge in [-0.15, -0.1) is 0 Å². The van der Waals surface area contributed by atoms with Crippen LogP contribution >= 0.6 is 0 Å². The van der Waals surface area contributed by atoms with Crippen LogP contribution in [0.1, 0.15) is 31.4 Å². The Morgan fingerprint density at radius 1 is 1.35 bits per heavy atom. The van der Waals surface area contributed by atoms with Gasteiger partial charge in [-0.2, -0.15) is 0 Å². The predicted octanol–water partition coefficient (Wildman–Crippen LogP) is 2.52. The van der Waals surface area contributed by atoms with Crippen LogP contribution < -0.4 is 10.1 Å². The third-order valence-electron chi connectivity index (χ3n) is 3.26. The molecule has 2 unspecified atom stereocenters. The first-order chi connectivity index (χ1) is 8.33. The molecular formula is C14H21NO2. The van der Waals surface area contributed by atoms with Gasteiger partial charge in [0.15, 0.2) is 0 Å². The molecule has 1 saturated heterocycles. The maximum atomic E-state index is 5.83. The van der Waals surface area contributed by atoms with Gasteiger partial charge in [-0.25, -0.2) is 0 Å². The zero-order chi connectivity index (χ0) is 12.1. The standard InChI is InChI=1S/C14H21NO2/c1-3-15-12-8-9-17-14(10-12)11-4-6-13(16-2)7-5-11/h4-7,12,14-15H,3,8-10H2,1-2H3. The molecule has 3 heteroatoms. The molecule has 94 valence electrons. The van der Waals surface area contributed by atoms with E-state index in [0.717, 1.165) is 31.7 Å². The minimum absolute atomic E-state index is 0.221. The van der Waals surface area contributed by atoms with Crippen molar-refractivity contribution in [1.82, 2.24) is 5.32 Å². The molecule has 1 aromatic rings. The number of benzene rings is 1. The molecule has 1 heterocycles. The van der Waals surface area contributed by atoms with Crippen molar-refractivity contribution in [3.63, 3.8) is 0 Å². The van der Waals surface area contributed by atoms with Crippen LogP contribution in [0, 0.1) is 0 Å². The lowest BCUT2D eigenvalue weighted by atomic mass is 9.97. The minimum Gasteiger partial charge on any atom is -0.497 e. The molecule has 0 radical (unpaired) electrons. The van der Waals surface area contributed by atoms with E-state index in [2.05, 4.69) is 24.4 Å². The van der Waals surface area contributed by atoms with Crippen LogP contribution in [-0.2, 0) is 4.74 Å². The minimum atomic E-state index is 0.221. The lowest BCUT2D eigenvalue weighted by molar-refractivity contribution is 0.000577. The fraction of sp³-hybridized carbons (Fsp3) is 0.571. The summed E-state index contributed by atoms with van der Waals surface area (Å²) in [7, 11) is 1.69. The van der Waals surface area contributed by atoms with Crippen molar-refractivity contribution in [2.24, 2.45) is 0 Å². The highest BCUT2D eigenvalue weighted by Crippen LogP contribution is 2.29. The summed E-state index contributed by atoms with van der Waals surface area (Å²) >= 11 is 0. The number of hydrogen-bond acceptors (Lipinski definition) is 3. The van der Waals surface area contributed by atoms with Crippen molar-refractivity contribution < 1.29 is 9.47 Å². The van der Waals surface area contributed by atoms with Gasteiger partial charge in [0, 0.05) is 12.6 Å². The van der Waals surface area contributed by atoms with Crippen LogP contribution in [-0.4, -0.2) is 26.3 Å². The molecule has 0 bridgehead atoms.